The van der Waals surface area contributed by atoms with E-state index in [0.717, 1.165) is 32.1 Å². The average Bonchev–Trinajstić information content (AvgIpc) is 2.49. The van der Waals surface area contributed by atoms with Gasteiger partial charge < -0.3 is 19.7 Å². The van der Waals surface area contributed by atoms with Crippen LogP contribution in [0, 0.1) is 17.3 Å². The van der Waals surface area contributed by atoms with E-state index in [1.807, 2.05) is 0 Å². The Morgan fingerprint density at radius 2 is 1.96 bits per heavy atom. The fraction of sp³-hybridized carbons (Fsp3) is 0.842. The number of hydrogen-bond donors (Lipinski definition) is 2. The highest BCUT2D eigenvalue weighted by Crippen LogP contribution is 2.62. The van der Waals surface area contributed by atoms with Crippen LogP contribution in [0.3, 0.4) is 0 Å². The van der Waals surface area contributed by atoms with Gasteiger partial charge in [0, 0.05) is 12.2 Å². The summed E-state index contributed by atoms with van der Waals surface area (Å²) in [4.78, 5) is 12.1. The van der Waals surface area contributed by atoms with Crippen LogP contribution < -0.4 is 0 Å². The van der Waals surface area contributed by atoms with E-state index < -0.39 is 6.10 Å². The van der Waals surface area contributed by atoms with E-state index >= 15 is 0 Å². The summed E-state index contributed by atoms with van der Waals surface area (Å²) < 4.78 is 11.8. The van der Waals surface area contributed by atoms with E-state index in [1.165, 1.54) is 6.42 Å². The number of esters is 1. The Hall–Kier alpha value is -0.910. The van der Waals surface area contributed by atoms with Crippen LogP contribution in [-0.2, 0) is 14.3 Å². The van der Waals surface area contributed by atoms with Gasteiger partial charge in [-0.25, -0.2) is 4.79 Å². The molecule has 5 nitrogen and oxygen atoms in total. The molecule has 0 radical (unpaired) electrons. The molecular formula is C19H30O5. The Balaban J connectivity index is 1.62. The summed E-state index contributed by atoms with van der Waals surface area (Å²) >= 11 is 0. The first-order valence-corrected chi connectivity index (χ1v) is 9.11. The van der Waals surface area contributed by atoms with Gasteiger partial charge in [-0.05, 0) is 69.1 Å². The number of hydrogen-bond acceptors (Lipinski definition) is 5. The summed E-state index contributed by atoms with van der Waals surface area (Å²) in [5, 5.41) is 18.3. The van der Waals surface area contributed by atoms with Gasteiger partial charge in [0.15, 0.2) is 0 Å². The molecule has 136 valence electrons. The molecule has 3 atom stereocenters. The maximum atomic E-state index is 12.1. The van der Waals surface area contributed by atoms with Crippen LogP contribution in [0.2, 0.25) is 0 Å². The lowest BCUT2D eigenvalue weighted by Gasteiger charge is -2.61. The Labute approximate surface area is 144 Å². The fourth-order valence-electron chi connectivity index (χ4n) is 5.54. The van der Waals surface area contributed by atoms with Crippen LogP contribution >= 0.6 is 0 Å². The minimum absolute atomic E-state index is 0.101. The van der Waals surface area contributed by atoms with Crippen molar-refractivity contribution in [3.8, 4) is 0 Å². The molecular weight excluding hydrogens is 308 g/mol. The first kappa shape index (κ1) is 17.9. The molecule has 0 aromatic carbocycles. The van der Waals surface area contributed by atoms with Crippen LogP contribution in [0.15, 0.2) is 12.2 Å². The summed E-state index contributed by atoms with van der Waals surface area (Å²) in [5.41, 5.74) is 0.242. The van der Waals surface area contributed by atoms with Gasteiger partial charge in [0.1, 0.15) is 5.60 Å². The molecule has 4 fully saturated rings. The molecule has 4 saturated carbocycles. The van der Waals surface area contributed by atoms with E-state index in [1.54, 1.807) is 6.92 Å². The highest BCUT2D eigenvalue weighted by atomic mass is 16.6. The maximum absolute atomic E-state index is 12.1. The van der Waals surface area contributed by atoms with Crippen molar-refractivity contribution in [1.29, 1.82) is 0 Å². The highest BCUT2D eigenvalue weighted by molar-refractivity contribution is 5.87. The zero-order valence-corrected chi connectivity index (χ0v) is 14.6. The smallest absolute Gasteiger partial charge is 0.333 e. The Kier molecular flexibility index (Phi) is 5.05. The summed E-state index contributed by atoms with van der Waals surface area (Å²) in [6.45, 7) is 6.30. The third-order valence-corrected chi connectivity index (χ3v) is 6.00. The van der Waals surface area contributed by atoms with E-state index in [4.69, 9.17) is 14.6 Å². The molecule has 4 aliphatic carbocycles. The van der Waals surface area contributed by atoms with Crippen molar-refractivity contribution in [3.63, 3.8) is 0 Å². The molecule has 3 unspecified atom stereocenters. The predicted molar refractivity (Wildman–Crippen MR) is 89.3 cm³/mol. The van der Waals surface area contributed by atoms with Gasteiger partial charge in [-0.2, -0.15) is 0 Å². The second-order valence-corrected chi connectivity index (χ2v) is 8.49. The molecule has 4 bridgehead atoms. The summed E-state index contributed by atoms with van der Waals surface area (Å²) in [5.74, 6) is 0.977. The lowest BCUT2D eigenvalue weighted by molar-refractivity contribution is -0.206. The Morgan fingerprint density at radius 3 is 2.54 bits per heavy atom. The average molecular weight is 338 g/mol. The molecule has 4 rings (SSSR count). The summed E-state index contributed by atoms with van der Waals surface area (Å²) in [7, 11) is 0. The normalized spacial score (nSPS) is 38.1. The van der Waals surface area contributed by atoms with Crippen LogP contribution in [0.4, 0.5) is 0 Å². The third-order valence-electron chi connectivity index (χ3n) is 6.00. The predicted octanol–water partition coefficient (Wildman–Crippen LogP) is 2.20. The van der Waals surface area contributed by atoms with Gasteiger partial charge >= 0.3 is 5.97 Å². The van der Waals surface area contributed by atoms with Crippen LogP contribution in [0.25, 0.3) is 0 Å². The molecule has 4 aliphatic rings. The van der Waals surface area contributed by atoms with Crippen molar-refractivity contribution in [2.24, 2.45) is 17.3 Å². The minimum Gasteiger partial charge on any atom is -0.456 e. The monoisotopic (exact) mass is 338 g/mol. The molecule has 24 heavy (non-hydrogen) atoms. The van der Waals surface area contributed by atoms with Crippen molar-refractivity contribution in [1.82, 2.24) is 0 Å². The van der Waals surface area contributed by atoms with Crippen LogP contribution in [0.1, 0.15) is 51.9 Å². The van der Waals surface area contributed by atoms with Crippen molar-refractivity contribution >= 4 is 5.97 Å². The van der Waals surface area contributed by atoms with Gasteiger partial charge in [0.25, 0.3) is 0 Å². The molecule has 0 spiro atoms. The van der Waals surface area contributed by atoms with E-state index in [9.17, 15) is 9.90 Å². The van der Waals surface area contributed by atoms with Crippen molar-refractivity contribution in [2.75, 3.05) is 19.8 Å². The van der Waals surface area contributed by atoms with E-state index in [0.29, 0.717) is 37.0 Å². The van der Waals surface area contributed by atoms with Crippen molar-refractivity contribution in [2.45, 2.75) is 63.6 Å². The lowest BCUT2D eigenvalue weighted by atomic mass is 9.48. The Bertz CT molecular complexity index is 486. The topological polar surface area (TPSA) is 76.0 Å². The number of carbonyl (C=O) groups is 1. The number of carbonyl (C=O) groups excluding carboxylic acids is 1. The molecule has 0 aromatic rings. The number of ether oxygens (including phenoxy) is 2. The molecule has 0 amide bonds. The van der Waals surface area contributed by atoms with Crippen molar-refractivity contribution in [3.05, 3.63) is 12.2 Å². The van der Waals surface area contributed by atoms with Gasteiger partial charge in [0.05, 0.1) is 19.3 Å². The highest BCUT2D eigenvalue weighted by Gasteiger charge is 2.59. The van der Waals surface area contributed by atoms with Gasteiger partial charge in [-0.3, -0.25) is 0 Å². The van der Waals surface area contributed by atoms with Gasteiger partial charge in [0.2, 0.25) is 0 Å². The lowest BCUT2D eigenvalue weighted by Crippen LogP contribution is -2.58. The Morgan fingerprint density at radius 1 is 1.29 bits per heavy atom. The minimum atomic E-state index is -0.704. The second kappa shape index (κ2) is 6.77. The van der Waals surface area contributed by atoms with E-state index in [-0.39, 0.29) is 23.6 Å². The molecule has 0 aromatic heterocycles. The van der Waals surface area contributed by atoms with Crippen LogP contribution in [0.5, 0.6) is 0 Å². The number of aliphatic hydroxyl groups excluding tert-OH is 2. The fourth-order valence-corrected chi connectivity index (χ4v) is 5.54. The maximum Gasteiger partial charge on any atom is 0.333 e. The molecule has 0 saturated heterocycles. The molecule has 0 aliphatic heterocycles. The zero-order valence-electron chi connectivity index (χ0n) is 14.6. The first-order valence-electron chi connectivity index (χ1n) is 9.11. The number of rotatable bonds is 8. The SMILES string of the molecule is C=C(C)C(=O)OC12CC3CC(CC(COCCC(O)CO)(C3)C1)C2. The summed E-state index contributed by atoms with van der Waals surface area (Å²) in [6, 6.07) is 0. The quantitative estimate of drug-likeness (QED) is 0.403. The molecule has 5 heteroatoms. The third kappa shape index (κ3) is 3.68. The molecule has 2 N–H and O–H groups in total. The zero-order chi connectivity index (χ0) is 17.4. The second-order valence-electron chi connectivity index (χ2n) is 8.49. The number of aliphatic hydroxyl groups is 2. The standard InChI is InChI=1S/C19H30O5/c1-13(2)17(22)24-19-8-14-5-15(9-19)7-18(6-14,11-19)12-23-4-3-16(21)10-20/h14-16,20-21H,1,3-12H2,2H3. The van der Waals surface area contributed by atoms with Crippen molar-refractivity contribution < 1.29 is 24.5 Å². The van der Waals surface area contributed by atoms with Gasteiger partial charge in [-0.15, -0.1) is 0 Å². The van der Waals surface area contributed by atoms with Gasteiger partial charge in [-0.1, -0.05) is 6.58 Å². The summed E-state index contributed by atoms with van der Waals surface area (Å²) in [6.07, 6.45) is 6.14. The van der Waals surface area contributed by atoms with E-state index in [2.05, 4.69) is 6.58 Å². The largest absolute Gasteiger partial charge is 0.456 e. The van der Waals surface area contributed by atoms with Crippen LogP contribution in [-0.4, -0.2) is 47.7 Å². The molecule has 0 heterocycles. The first-order chi connectivity index (χ1) is 11.4.